The molecule has 5 rings (SSSR count). The third-order valence-corrected chi connectivity index (χ3v) is 8.59. The fraction of sp³-hybridized carbons (Fsp3) is 0.432. The predicted molar refractivity (Wildman–Crippen MR) is 178 cm³/mol. The summed E-state index contributed by atoms with van der Waals surface area (Å²) >= 11 is 0. The number of β-amino-alcohol motifs (C(OH)–C–C–N with tert-alkyl or cyclic N) is 1. The van der Waals surface area contributed by atoms with Crippen molar-refractivity contribution in [2.24, 2.45) is 0 Å². The van der Waals surface area contributed by atoms with Crippen LogP contribution in [0.5, 0.6) is 0 Å². The van der Waals surface area contributed by atoms with Crippen molar-refractivity contribution in [1.29, 1.82) is 0 Å². The molecule has 3 aromatic carbocycles. The number of carbonyl (C=O) groups is 1. The first-order valence-corrected chi connectivity index (χ1v) is 16.3. The fourth-order valence-electron chi connectivity index (χ4n) is 6.18. The summed E-state index contributed by atoms with van der Waals surface area (Å²) in [5, 5.41) is 17.4. The van der Waals surface area contributed by atoms with E-state index >= 15 is 0 Å². The number of nitrogens with zero attached hydrogens (tertiary/aromatic N) is 2. The molecular weight excluding hydrogens is 548 g/mol. The Kier molecular flexibility index (Phi) is 12.3. The van der Waals surface area contributed by atoms with Crippen molar-refractivity contribution >= 4 is 17.4 Å². The number of carbonyl (C=O) groups excluding carboxylic acids is 1. The van der Waals surface area contributed by atoms with Gasteiger partial charge in [-0.1, -0.05) is 72.8 Å². The van der Waals surface area contributed by atoms with E-state index in [9.17, 15) is 9.90 Å². The van der Waals surface area contributed by atoms with Crippen molar-refractivity contribution in [2.75, 3.05) is 57.7 Å². The Bertz CT molecular complexity index is 1260. The molecule has 7 nitrogen and oxygen atoms in total. The van der Waals surface area contributed by atoms with Crippen LogP contribution < -0.4 is 10.6 Å². The normalized spacial score (nSPS) is 16.1. The summed E-state index contributed by atoms with van der Waals surface area (Å²) < 4.78 is 6.01. The Morgan fingerprint density at radius 2 is 1.41 bits per heavy atom. The number of nitrogens with one attached hydrogen (secondary N) is 2. The van der Waals surface area contributed by atoms with Gasteiger partial charge in [0.1, 0.15) is 18.5 Å². The van der Waals surface area contributed by atoms with Gasteiger partial charge in [-0.15, -0.1) is 0 Å². The number of hydrogen-bond acceptors (Lipinski definition) is 6. The van der Waals surface area contributed by atoms with Crippen LogP contribution in [0.4, 0.5) is 5.69 Å². The van der Waals surface area contributed by atoms with Gasteiger partial charge in [0.2, 0.25) is 5.91 Å². The number of ether oxygens (including phenoxy) is 1. The van der Waals surface area contributed by atoms with Crippen LogP contribution in [-0.4, -0.2) is 85.4 Å². The van der Waals surface area contributed by atoms with Crippen LogP contribution in [-0.2, 0) is 22.4 Å². The maximum absolute atomic E-state index is 13.1. The maximum Gasteiger partial charge on any atom is 0.234 e. The van der Waals surface area contributed by atoms with E-state index in [4.69, 9.17) is 4.74 Å². The maximum atomic E-state index is 13.1. The molecule has 1 fully saturated rings. The van der Waals surface area contributed by atoms with Crippen LogP contribution in [0.1, 0.15) is 42.4 Å². The van der Waals surface area contributed by atoms with E-state index in [1.165, 1.54) is 11.1 Å². The van der Waals surface area contributed by atoms with Gasteiger partial charge < -0.3 is 20.5 Å². The molecule has 2 aliphatic rings. The highest BCUT2D eigenvalue weighted by Crippen LogP contribution is 2.28. The molecule has 0 aliphatic carbocycles. The molecule has 44 heavy (non-hydrogen) atoms. The summed E-state index contributed by atoms with van der Waals surface area (Å²) in [7, 11) is 0. The average Bonchev–Trinajstić information content (AvgIpc) is 3.05. The summed E-state index contributed by atoms with van der Waals surface area (Å²) in [5.74, 6) is 0.944. The zero-order valence-electron chi connectivity index (χ0n) is 25.9. The summed E-state index contributed by atoms with van der Waals surface area (Å²) in [5.41, 5.74) is 4.80. The van der Waals surface area contributed by atoms with Crippen LogP contribution in [0.15, 0.2) is 91.0 Å². The monoisotopic (exact) mass is 596 g/mol. The number of aryl methyl sites for hydroxylation is 2. The molecule has 7 heteroatoms. The first-order chi connectivity index (χ1) is 21.6. The molecule has 3 aromatic rings. The highest BCUT2D eigenvalue weighted by molar-refractivity contribution is 5.78. The van der Waals surface area contributed by atoms with Gasteiger partial charge in [0.05, 0.1) is 6.54 Å². The number of anilines is 1. The third kappa shape index (κ3) is 10.2. The molecule has 0 bridgehead atoms. The van der Waals surface area contributed by atoms with Gasteiger partial charge in [0.25, 0.3) is 0 Å². The van der Waals surface area contributed by atoms with E-state index in [0.29, 0.717) is 13.1 Å². The lowest BCUT2D eigenvalue weighted by Gasteiger charge is -2.35. The minimum absolute atomic E-state index is 0.117. The van der Waals surface area contributed by atoms with Crippen LogP contribution in [0.2, 0.25) is 0 Å². The summed E-state index contributed by atoms with van der Waals surface area (Å²) in [6.07, 6.45) is 7.62. The van der Waals surface area contributed by atoms with Gasteiger partial charge in [-0.3, -0.25) is 14.6 Å². The Hall–Kier alpha value is -3.65. The smallest absolute Gasteiger partial charge is 0.234 e. The van der Waals surface area contributed by atoms with Gasteiger partial charge in [-0.2, -0.15) is 0 Å². The molecule has 1 saturated heterocycles. The van der Waals surface area contributed by atoms with Gasteiger partial charge >= 0.3 is 0 Å². The molecule has 1 amide bonds. The van der Waals surface area contributed by atoms with E-state index in [2.05, 4.69) is 81.1 Å². The molecule has 1 unspecified atom stereocenters. The number of rotatable bonds is 16. The number of amides is 1. The van der Waals surface area contributed by atoms with Gasteiger partial charge in [0.15, 0.2) is 0 Å². The van der Waals surface area contributed by atoms with E-state index in [0.717, 1.165) is 88.3 Å². The molecule has 0 spiro atoms. The quantitative estimate of drug-likeness (QED) is 0.217. The predicted octanol–water partition coefficient (Wildman–Crippen LogP) is 4.98. The van der Waals surface area contributed by atoms with E-state index in [1.807, 2.05) is 30.3 Å². The number of para-hydroxylation sites is 1. The number of benzene rings is 3. The van der Waals surface area contributed by atoms with Crippen molar-refractivity contribution in [3.05, 3.63) is 108 Å². The second-order valence-corrected chi connectivity index (χ2v) is 12.1. The van der Waals surface area contributed by atoms with Gasteiger partial charge in [-0.25, -0.2) is 0 Å². The lowest BCUT2D eigenvalue weighted by molar-refractivity contribution is -0.123. The molecule has 3 N–H and O–H groups in total. The SMILES string of the molecule is O=C(CN1CCN(CC(O)COC2=CCNc3ccccc32)CC1)NC(CCCc1ccccc1)CCCc1ccccc1. The molecule has 0 aromatic heterocycles. The summed E-state index contributed by atoms with van der Waals surface area (Å²) in [6, 6.07) is 29.5. The molecule has 1 atom stereocenters. The van der Waals surface area contributed by atoms with E-state index in [-0.39, 0.29) is 18.6 Å². The fourth-order valence-corrected chi connectivity index (χ4v) is 6.18. The number of hydrogen-bond donors (Lipinski definition) is 3. The Balaban J connectivity index is 1.02. The first-order valence-electron chi connectivity index (χ1n) is 16.3. The Morgan fingerprint density at radius 3 is 2.07 bits per heavy atom. The lowest BCUT2D eigenvalue weighted by atomic mass is 9.99. The van der Waals surface area contributed by atoms with Crippen LogP contribution >= 0.6 is 0 Å². The molecular formula is C37H48N4O3. The van der Waals surface area contributed by atoms with Crippen LogP contribution in [0.25, 0.3) is 5.76 Å². The van der Waals surface area contributed by atoms with E-state index < -0.39 is 6.10 Å². The number of piperazine rings is 1. The molecule has 2 aliphatic heterocycles. The molecule has 0 saturated carbocycles. The second kappa shape index (κ2) is 17.0. The Labute approximate surface area is 262 Å². The average molecular weight is 597 g/mol. The van der Waals surface area contributed by atoms with Crippen molar-refractivity contribution in [3.63, 3.8) is 0 Å². The largest absolute Gasteiger partial charge is 0.490 e. The molecule has 0 radical (unpaired) electrons. The third-order valence-electron chi connectivity index (χ3n) is 8.59. The minimum atomic E-state index is -0.569. The lowest BCUT2D eigenvalue weighted by Crippen LogP contribution is -2.52. The van der Waals surface area contributed by atoms with Gasteiger partial charge in [0, 0.05) is 56.6 Å². The van der Waals surface area contributed by atoms with Crippen molar-refractivity contribution < 1.29 is 14.6 Å². The van der Waals surface area contributed by atoms with Crippen LogP contribution in [0, 0.1) is 0 Å². The highest BCUT2D eigenvalue weighted by atomic mass is 16.5. The number of fused-ring (bicyclic) bond motifs is 1. The van der Waals surface area contributed by atoms with Crippen LogP contribution in [0.3, 0.4) is 0 Å². The summed E-state index contributed by atoms with van der Waals surface area (Å²) in [6.45, 7) is 5.27. The van der Waals surface area contributed by atoms with Crippen molar-refractivity contribution in [3.8, 4) is 0 Å². The number of aliphatic hydroxyl groups excluding tert-OH is 1. The first kappa shape index (κ1) is 31.8. The standard InChI is InChI=1S/C37H48N4O3/c42-33(29-44-36-21-22-38-35-20-8-7-19-34(35)36)27-40-23-25-41(26-24-40)28-37(43)39-32(17-9-15-30-11-3-1-4-12-30)18-10-16-31-13-5-2-6-14-31/h1-8,11-14,19-21,32-33,38,42H,9-10,15-18,22-29H2,(H,39,43). The van der Waals surface area contributed by atoms with E-state index in [1.54, 1.807) is 0 Å². The molecule has 234 valence electrons. The zero-order chi connectivity index (χ0) is 30.4. The number of aliphatic hydroxyl groups is 1. The summed E-state index contributed by atoms with van der Waals surface area (Å²) in [4.78, 5) is 17.6. The van der Waals surface area contributed by atoms with Crippen molar-refractivity contribution in [2.45, 2.75) is 50.7 Å². The Morgan fingerprint density at radius 1 is 0.818 bits per heavy atom. The molecule has 2 heterocycles. The van der Waals surface area contributed by atoms with Crippen molar-refractivity contribution in [1.82, 2.24) is 15.1 Å². The highest BCUT2D eigenvalue weighted by Gasteiger charge is 2.23. The second-order valence-electron chi connectivity index (χ2n) is 12.1. The van der Waals surface area contributed by atoms with Gasteiger partial charge in [-0.05, 0) is 67.9 Å². The minimum Gasteiger partial charge on any atom is -0.490 e. The topological polar surface area (TPSA) is 77.1 Å². The zero-order valence-corrected chi connectivity index (χ0v) is 25.9.